The van der Waals surface area contributed by atoms with E-state index in [4.69, 9.17) is 4.74 Å². The van der Waals surface area contributed by atoms with E-state index in [-0.39, 0.29) is 41.9 Å². The molecular formula is C35H52O5. The molecule has 3 rings (SSSR count). The zero-order valence-corrected chi connectivity index (χ0v) is 26.8. The summed E-state index contributed by atoms with van der Waals surface area (Å²) in [5.41, 5.74) is -1.12. The summed E-state index contributed by atoms with van der Waals surface area (Å²) in [6.07, 6.45) is 8.54. The van der Waals surface area contributed by atoms with Crippen molar-refractivity contribution in [3.05, 3.63) is 46.3 Å². The highest BCUT2D eigenvalue weighted by Crippen LogP contribution is 2.69. The fourth-order valence-electron chi connectivity index (χ4n) is 7.31. The minimum Gasteiger partial charge on any atom is -0.489 e. The predicted molar refractivity (Wildman–Crippen MR) is 161 cm³/mol. The van der Waals surface area contributed by atoms with E-state index in [0.717, 1.165) is 12.0 Å². The van der Waals surface area contributed by atoms with Gasteiger partial charge in [0.2, 0.25) is 0 Å². The van der Waals surface area contributed by atoms with Gasteiger partial charge in [0.1, 0.15) is 11.9 Å². The molecule has 5 atom stereocenters. The molecule has 3 aliphatic rings. The molecule has 0 amide bonds. The van der Waals surface area contributed by atoms with Gasteiger partial charge in [-0.15, -0.1) is 0 Å². The van der Waals surface area contributed by atoms with Gasteiger partial charge in [-0.2, -0.15) is 0 Å². The van der Waals surface area contributed by atoms with E-state index in [1.54, 1.807) is 13.8 Å². The Balaban J connectivity index is 2.46. The summed E-state index contributed by atoms with van der Waals surface area (Å²) in [7, 11) is 0. The lowest BCUT2D eigenvalue weighted by Crippen LogP contribution is -2.69. The third kappa shape index (κ3) is 5.12. The summed E-state index contributed by atoms with van der Waals surface area (Å²) >= 11 is 0. The maximum Gasteiger partial charge on any atom is 0.176 e. The van der Waals surface area contributed by atoms with E-state index in [0.29, 0.717) is 24.8 Å². The van der Waals surface area contributed by atoms with Crippen molar-refractivity contribution < 1.29 is 24.2 Å². The molecule has 0 aromatic rings. The smallest absolute Gasteiger partial charge is 0.176 e. The first-order valence-corrected chi connectivity index (χ1v) is 15.0. The number of rotatable bonds is 10. The lowest BCUT2D eigenvalue weighted by molar-refractivity contribution is -0.181. The summed E-state index contributed by atoms with van der Waals surface area (Å²) in [4.78, 5) is 44.6. The van der Waals surface area contributed by atoms with Crippen LogP contribution in [0.15, 0.2) is 46.3 Å². The van der Waals surface area contributed by atoms with Crippen LogP contribution in [0.1, 0.15) is 115 Å². The topological polar surface area (TPSA) is 80.7 Å². The molecule has 0 aromatic carbocycles. The average molecular weight is 553 g/mol. The van der Waals surface area contributed by atoms with E-state index in [9.17, 15) is 14.7 Å². The highest BCUT2D eigenvalue weighted by atomic mass is 16.5. The molecule has 2 aliphatic carbocycles. The van der Waals surface area contributed by atoms with Gasteiger partial charge in [-0.1, -0.05) is 55.7 Å². The molecule has 1 heterocycles. The number of carbonyl (C=O) groups is 3. The molecule has 5 unspecified atom stereocenters. The molecule has 0 radical (unpaired) electrons. The van der Waals surface area contributed by atoms with Crippen LogP contribution < -0.4 is 0 Å². The number of carbonyl (C=O) groups excluding carboxylic acids is 3. The molecule has 40 heavy (non-hydrogen) atoms. The van der Waals surface area contributed by atoms with Crippen LogP contribution in [0.25, 0.3) is 0 Å². The maximum atomic E-state index is 15.2. The normalized spacial score (nSPS) is 31.5. The van der Waals surface area contributed by atoms with Crippen molar-refractivity contribution in [1.82, 2.24) is 0 Å². The van der Waals surface area contributed by atoms with E-state index in [1.807, 2.05) is 33.8 Å². The average Bonchev–Trinajstić information content (AvgIpc) is 3.28. The second kappa shape index (κ2) is 11.2. The van der Waals surface area contributed by atoms with Gasteiger partial charge in [-0.25, -0.2) is 0 Å². The van der Waals surface area contributed by atoms with Gasteiger partial charge in [0.25, 0.3) is 0 Å². The molecule has 5 nitrogen and oxygen atoms in total. The van der Waals surface area contributed by atoms with Gasteiger partial charge in [0, 0.05) is 17.9 Å². The van der Waals surface area contributed by atoms with Crippen LogP contribution in [-0.4, -0.2) is 34.2 Å². The van der Waals surface area contributed by atoms with Crippen LogP contribution in [-0.2, 0) is 19.1 Å². The number of fused-ring (bicyclic) bond motifs is 3. The zero-order chi connectivity index (χ0) is 30.4. The molecule has 222 valence electrons. The van der Waals surface area contributed by atoms with Crippen molar-refractivity contribution >= 4 is 17.3 Å². The minimum absolute atomic E-state index is 0.0956. The first kappa shape index (κ1) is 32.2. The summed E-state index contributed by atoms with van der Waals surface area (Å²) in [5, 5.41) is 11.0. The first-order valence-electron chi connectivity index (χ1n) is 15.0. The number of hydrogen-bond donors (Lipinski definition) is 1. The summed E-state index contributed by atoms with van der Waals surface area (Å²) < 4.78 is 6.52. The lowest BCUT2D eigenvalue weighted by Gasteiger charge is -2.61. The molecule has 0 spiro atoms. The molecule has 1 aliphatic heterocycles. The van der Waals surface area contributed by atoms with Crippen molar-refractivity contribution in [2.75, 3.05) is 0 Å². The quantitative estimate of drug-likeness (QED) is 0.223. The van der Waals surface area contributed by atoms with E-state index < -0.39 is 33.9 Å². The van der Waals surface area contributed by atoms with Crippen LogP contribution in [0.5, 0.6) is 0 Å². The summed E-state index contributed by atoms with van der Waals surface area (Å²) in [6.45, 7) is 21.3. The van der Waals surface area contributed by atoms with Gasteiger partial charge < -0.3 is 9.84 Å². The van der Waals surface area contributed by atoms with Crippen molar-refractivity contribution in [3.8, 4) is 0 Å². The molecule has 2 bridgehead atoms. The first-order chi connectivity index (χ1) is 18.4. The Morgan fingerprint density at radius 3 is 2.10 bits per heavy atom. The van der Waals surface area contributed by atoms with Crippen molar-refractivity contribution in [3.63, 3.8) is 0 Å². The molecule has 1 N–H and O–H groups in total. The Morgan fingerprint density at radius 1 is 1.02 bits per heavy atom. The van der Waals surface area contributed by atoms with Crippen LogP contribution in [0.4, 0.5) is 0 Å². The Hall–Kier alpha value is -2.27. The number of Topliss-reactive ketones (excluding diaryl/α,β-unsaturated/α-hetero) is 3. The Bertz CT molecular complexity index is 1180. The maximum absolute atomic E-state index is 15.2. The number of hydrogen-bond acceptors (Lipinski definition) is 5. The summed E-state index contributed by atoms with van der Waals surface area (Å²) in [5.74, 6) is -0.967. The van der Waals surface area contributed by atoms with E-state index in [2.05, 4.69) is 46.8 Å². The number of ketones is 3. The Morgan fingerprint density at radius 2 is 1.60 bits per heavy atom. The Labute approximate surface area is 242 Å². The van der Waals surface area contributed by atoms with Gasteiger partial charge in [-0.05, 0) is 98.8 Å². The summed E-state index contributed by atoms with van der Waals surface area (Å²) in [6, 6.07) is 0. The molecule has 0 saturated heterocycles. The van der Waals surface area contributed by atoms with E-state index >= 15 is 4.79 Å². The van der Waals surface area contributed by atoms with Crippen LogP contribution >= 0.6 is 0 Å². The Kier molecular flexibility index (Phi) is 9.02. The van der Waals surface area contributed by atoms with Gasteiger partial charge in [0.15, 0.2) is 22.8 Å². The predicted octanol–water partition coefficient (Wildman–Crippen LogP) is 7.64. The second-order valence-corrected chi connectivity index (χ2v) is 14.4. The lowest BCUT2D eigenvalue weighted by atomic mass is 9.38. The molecule has 0 aromatic heterocycles. The second-order valence-electron chi connectivity index (χ2n) is 14.4. The van der Waals surface area contributed by atoms with Crippen LogP contribution in [0.2, 0.25) is 0 Å². The number of ether oxygens (including phenoxy) is 1. The van der Waals surface area contributed by atoms with Gasteiger partial charge in [0.05, 0.1) is 11.0 Å². The largest absolute Gasteiger partial charge is 0.489 e. The standard InChI is InChI=1S/C35H52O5/c1-21(2)13-12-17-33(11)25(15-14-22(3)4)20-34(18-16-23(5)6)29(37)26-19-27(32(9,10)39)40-30(26)35(33,31(34)38)28(36)24(7)8/h13-14,16,24-25,27,39H,12,15,17-20H2,1-11H3. The van der Waals surface area contributed by atoms with Gasteiger partial charge >= 0.3 is 0 Å². The highest BCUT2D eigenvalue weighted by Gasteiger charge is 2.77. The van der Waals surface area contributed by atoms with Crippen molar-refractivity contribution in [1.29, 1.82) is 0 Å². The third-order valence-corrected chi connectivity index (χ3v) is 9.67. The van der Waals surface area contributed by atoms with Crippen LogP contribution in [0, 0.1) is 28.1 Å². The monoisotopic (exact) mass is 552 g/mol. The highest BCUT2D eigenvalue weighted by molar-refractivity contribution is 6.27. The SMILES string of the molecule is CC(C)=CCCC1(C)C(CC=C(C)C)CC2(CC=C(C)C)C(=O)C3=C(OC(C(C)(C)O)C3)C1(C(=O)C(C)C)C2=O. The number of aliphatic hydroxyl groups is 1. The van der Waals surface area contributed by atoms with Crippen molar-refractivity contribution in [2.24, 2.45) is 28.1 Å². The molecule has 5 heteroatoms. The van der Waals surface area contributed by atoms with E-state index in [1.165, 1.54) is 11.1 Å². The molecular weight excluding hydrogens is 500 g/mol. The van der Waals surface area contributed by atoms with Crippen molar-refractivity contribution in [2.45, 2.75) is 126 Å². The third-order valence-electron chi connectivity index (χ3n) is 9.67. The van der Waals surface area contributed by atoms with Gasteiger partial charge in [-0.3, -0.25) is 14.4 Å². The zero-order valence-electron chi connectivity index (χ0n) is 26.8. The minimum atomic E-state index is -1.59. The van der Waals surface area contributed by atoms with Crippen LogP contribution in [0.3, 0.4) is 0 Å². The molecule has 1 saturated carbocycles. The number of allylic oxidation sites excluding steroid dienone is 7. The fourth-order valence-corrected chi connectivity index (χ4v) is 7.31. The molecule has 1 fully saturated rings. The fraction of sp³-hybridized carbons (Fsp3) is 0.686.